The van der Waals surface area contributed by atoms with Gasteiger partial charge in [-0.1, -0.05) is 0 Å². The second-order valence-corrected chi connectivity index (χ2v) is 8.05. The Hall–Kier alpha value is -0.780. The van der Waals surface area contributed by atoms with Crippen molar-refractivity contribution in [2.24, 2.45) is 0 Å². The molecule has 3 heterocycles. The van der Waals surface area contributed by atoms with Crippen LogP contribution in [0.25, 0.3) is 10.6 Å². The van der Waals surface area contributed by atoms with Crippen LogP contribution >= 0.6 is 23.1 Å². The third-order valence-corrected chi connectivity index (χ3v) is 6.26. The fourth-order valence-electron chi connectivity index (χ4n) is 2.64. The van der Waals surface area contributed by atoms with E-state index in [1.54, 1.807) is 0 Å². The first-order valence-electron chi connectivity index (χ1n) is 7.76. The topological polar surface area (TPSA) is 38.1 Å². The van der Waals surface area contributed by atoms with Gasteiger partial charge in [-0.25, -0.2) is 4.98 Å². The Morgan fingerprint density at radius 2 is 2.33 bits per heavy atom. The molecule has 0 amide bonds. The minimum atomic E-state index is 0.792. The van der Waals surface area contributed by atoms with Crippen LogP contribution in [0.2, 0.25) is 0 Å². The third-order valence-electron chi connectivity index (χ3n) is 4.00. The molecule has 2 aromatic rings. The van der Waals surface area contributed by atoms with Crippen LogP contribution in [0.15, 0.2) is 16.7 Å². The Balaban J connectivity index is 1.37. The van der Waals surface area contributed by atoms with Gasteiger partial charge in [0.1, 0.15) is 0 Å². The molecule has 5 heteroatoms. The summed E-state index contributed by atoms with van der Waals surface area (Å²) in [4.78, 5) is 7.22. The number of rotatable bonds is 6. The normalized spacial score (nSPS) is 17.9. The zero-order valence-corrected chi connectivity index (χ0v) is 13.7. The number of hydrogen-bond acceptors (Lipinski definition) is 5. The number of nitrogens with one attached hydrogen (secondary N) is 1. The molecule has 1 fully saturated rings. The molecule has 112 valence electrons. The van der Waals surface area contributed by atoms with Gasteiger partial charge in [0.15, 0.2) is 11.7 Å². The van der Waals surface area contributed by atoms with Crippen molar-refractivity contribution in [3.05, 3.63) is 28.6 Å². The summed E-state index contributed by atoms with van der Waals surface area (Å²) in [5.74, 6) is 4.23. The zero-order valence-electron chi connectivity index (χ0n) is 12.1. The lowest BCUT2D eigenvalue weighted by atomic mass is 10.2. The maximum atomic E-state index is 5.93. The smallest absolute Gasteiger partial charge is 0.194 e. The monoisotopic (exact) mass is 320 g/mol. The van der Waals surface area contributed by atoms with Gasteiger partial charge in [-0.2, -0.15) is 11.8 Å². The van der Waals surface area contributed by atoms with Crippen LogP contribution in [-0.4, -0.2) is 23.3 Å². The fraction of sp³-hybridized carbons (Fsp3) is 0.562. The number of fused-ring (bicyclic) bond motifs is 1. The largest absolute Gasteiger partial charge is 0.440 e. The third kappa shape index (κ3) is 3.35. The van der Waals surface area contributed by atoms with E-state index in [1.165, 1.54) is 40.3 Å². The highest BCUT2D eigenvalue weighted by Crippen LogP contribution is 2.37. The molecular weight excluding hydrogens is 300 g/mol. The molecule has 2 aromatic heterocycles. The standard InChI is InChI=1S/C16H20N2OS2/c1(6-17-12-3-4-12)2-16-18-9-13(19-16)15-8-11-10-20-7-5-14(11)21-15/h8-9,12,17H,1-7,10H2. The van der Waals surface area contributed by atoms with Gasteiger partial charge in [0.2, 0.25) is 0 Å². The lowest BCUT2D eigenvalue weighted by molar-refractivity contribution is 0.492. The predicted molar refractivity (Wildman–Crippen MR) is 89.0 cm³/mol. The first-order valence-corrected chi connectivity index (χ1v) is 9.73. The van der Waals surface area contributed by atoms with E-state index in [1.807, 2.05) is 29.3 Å². The number of hydrogen-bond donors (Lipinski definition) is 1. The van der Waals surface area contributed by atoms with E-state index in [9.17, 15) is 0 Å². The number of oxazole rings is 1. The molecular formula is C16H20N2OS2. The number of thioether (sulfide) groups is 1. The Morgan fingerprint density at radius 1 is 1.38 bits per heavy atom. The van der Waals surface area contributed by atoms with Crippen LogP contribution in [0.5, 0.6) is 0 Å². The summed E-state index contributed by atoms with van der Waals surface area (Å²) in [6.07, 6.45) is 7.84. The Bertz CT molecular complexity index is 592. The second-order valence-electron chi connectivity index (χ2n) is 5.81. The highest BCUT2D eigenvalue weighted by Gasteiger charge is 2.20. The van der Waals surface area contributed by atoms with Crippen LogP contribution in [0.1, 0.15) is 35.6 Å². The van der Waals surface area contributed by atoms with Crippen LogP contribution in [-0.2, 0) is 18.6 Å². The van der Waals surface area contributed by atoms with Crippen molar-refractivity contribution in [1.29, 1.82) is 0 Å². The molecule has 0 spiro atoms. The van der Waals surface area contributed by atoms with Gasteiger partial charge in [-0.3, -0.25) is 0 Å². The van der Waals surface area contributed by atoms with Gasteiger partial charge in [0, 0.05) is 23.1 Å². The number of thiophene rings is 1. The van der Waals surface area contributed by atoms with Gasteiger partial charge >= 0.3 is 0 Å². The summed E-state index contributed by atoms with van der Waals surface area (Å²) in [6.45, 7) is 1.08. The molecule has 4 rings (SSSR count). The van der Waals surface area contributed by atoms with Crippen molar-refractivity contribution >= 4 is 23.1 Å². The number of aryl methyl sites for hydroxylation is 2. The number of aromatic nitrogens is 1. The molecule has 0 bridgehead atoms. The molecule has 21 heavy (non-hydrogen) atoms. The lowest BCUT2D eigenvalue weighted by Gasteiger charge is -2.08. The van der Waals surface area contributed by atoms with Crippen molar-refractivity contribution in [3.8, 4) is 10.6 Å². The molecule has 0 unspecified atom stereocenters. The van der Waals surface area contributed by atoms with Gasteiger partial charge in [-0.05, 0) is 49.6 Å². The molecule has 1 aliphatic carbocycles. The lowest BCUT2D eigenvalue weighted by Crippen LogP contribution is -2.17. The minimum Gasteiger partial charge on any atom is -0.440 e. The quantitative estimate of drug-likeness (QED) is 0.820. The van der Waals surface area contributed by atoms with E-state index in [4.69, 9.17) is 4.42 Å². The molecule has 3 nitrogen and oxygen atoms in total. The second kappa shape index (κ2) is 6.15. The van der Waals surface area contributed by atoms with E-state index in [0.717, 1.165) is 42.8 Å². The van der Waals surface area contributed by atoms with Crippen molar-refractivity contribution in [2.75, 3.05) is 12.3 Å². The van der Waals surface area contributed by atoms with Crippen LogP contribution in [0.4, 0.5) is 0 Å². The highest BCUT2D eigenvalue weighted by molar-refractivity contribution is 7.98. The summed E-state index contributed by atoms with van der Waals surface area (Å²) >= 11 is 3.91. The van der Waals surface area contributed by atoms with E-state index in [-0.39, 0.29) is 0 Å². The Labute approximate surface area is 133 Å². The fourth-order valence-corrected chi connectivity index (χ4v) is 4.96. The summed E-state index contributed by atoms with van der Waals surface area (Å²) in [7, 11) is 0. The average molecular weight is 320 g/mol. The average Bonchev–Trinajstić information content (AvgIpc) is 3.04. The molecule has 1 saturated carbocycles. The first-order chi connectivity index (χ1) is 10.4. The Morgan fingerprint density at radius 3 is 3.19 bits per heavy atom. The van der Waals surface area contributed by atoms with E-state index in [2.05, 4.69) is 16.4 Å². The Kier molecular flexibility index (Phi) is 4.05. The summed E-state index contributed by atoms with van der Waals surface area (Å²) in [5.41, 5.74) is 1.50. The van der Waals surface area contributed by atoms with E-state index < -0.39 is 0 Å². The maximum Gasteiger partial charge on any atom is 0.194 e. The molecule has 2 aliphatic rings. The molecule has 0 saturated heterocycles. The predicted octanol–water partition coefficient (Wildman–Crippen LogP) is 3.88. The van der Waals surface area contributed by atoms with Gasteiger partial charge in [-0.15, -0.1) is 11.3 Å². The van der Waals surface area contributed by atoms with E-state index >= 15 is 0 Å². The highest BCUT2D eigenvalue weighted by atomic mass is 32.2. The number of nitrogens with zero attached hydrogens (tertiary/aromatic N) is 1. The molecule has 1 aliphatic heterocycles. The molecule has 0 radical (unpaired) electrons. The van der Waals surface area contributed by atoms with Crippen LogP contribution < -0.4 is 5.32 Å². The van der Waals surface area contributed by atoms with Gasteiger partial charge in [0.05, 0.1) is 11.1 Å². The summed E-state index contributed by atoms with van der Waals surface area (Å²) in [6, 6.07) is 3.09. The molecule has 1 N–H and O–H groups in total. The van der Waals surface area contributed by atoms with Gasteiger partial charge in [0.25, 0.3) is 0 Å². The zero-order chi connectivity index (χ0) is 14.1. The van der Waals surface area contributed by atoms with E-state index in [0.29, 0.717) is 0 Å². The van der Waals surface area contributed by atoms with Gasteiger partial charge < -0.3 is 9.73 Å². The van der Waals surface area contributed by atoms with Crippen LogP contribution in [0.3, 0.4) is 0 Å². The molecule has 0 aromatic carbocycles. The minimum absolute atomic E-state index is 0.792. The van der Waals surface area contributed by atoms with Crippen molar-refractivity contribution in [1.82, 2.24) is 10.3 Å². The summed E-state index contributed by atoms with van der Waals surface area (Å²) in [5, 5.41) is 3.53. The molecule has 0 atom stereocenters. The SMILES string of the molecule is c1nc(CCCNC2CC2)oc1-c1cc2c(s1)CCSC2. The van der Waals surface area contributed by atoms with Crippen LogP contribution in [0, 0.1) is 0 Å². The van der Waals surface area contributed by atoms with Crippen molar-refractivity contribution in [3.63, 3.8) is 0 Å². The van der Waals surface area contributed by atoms with Crippen molar-refractivity contribution < 1.29 is 4.42 Å². The maximum absolute atomic E-state index is 5.93. The van der Waals surface area contributed by atoms with Crippen molar-refractivity contribution in [2.45, 2.75) is 43.9 Å². The summed E-state index contributed by atoms with van der Waals surface area (Å²) < 4.78 is 5.93. The first kappa shape index (κ1) is 13.9.